The van der Waals surface area contributed by atoms with E-state index in [-0.39, 0.29) is 32.0 Å². The van der Waals surface area contributed by atoms with Gasteiger partial charge in [0.2, 0.25) is 0 Å². The zero-order valence-electron chi connectivity index (χ0n) is 37.4. The van der Waals surface area contributed by atoms with Crippen molar-refractivity contribution in [2.75, 3.05) is 6.61 Å². The van der Waals surface area contributed by atoms with E-state index in [0.717, 1.165) is 5.56 Å². The molecule has 4 fully saturated rings. The number of ether oxygens (including phenoxy) is 8. The summed E-state index contributed by atoms with van der Waals surface area (Å²) in [6.45, 7) is 22.4. The average molecular weight is 856 g/mol. The van der Waals surface area contributed by atoms with Crippen molar-refractivity contribution in [3.05, 3.63) is 59.7 Å². The molecule has 3 N–H and O–H groups in total. The van der Waals surface area contributed by atoms with Crippen molar-refractivity contribution < 1.29 is 67.3 Å². The van der Waals surface area contributed by atoms with Crippen LogP contribution in [0.15, 0.2) is 54.1 Å². The van der Waals surface area contributed by atoms with Crippen molar-refractivity contribution in [1.82, 2.24) is 5.32 Å². The molecular weight excluding hydrogens is 790 g/mol. The molecule has 13 atom stereocenters. The molecule has 1 aromatic carbocycles. The van der Waals surface area contributed by atoms with Crippen LogP contribution < -0.4 is 5.32 Å². The summed E-state index contributed by atoms with van der Waals surface area (Å²) in [7, 11) is 0. The highest BCUT2D eigenvalue weighted by Gasteiger charge is 2.80. The summed E-state index contributed by atoms with van der Waals surface area (Å²) in [5, 5.41) is 27.2. The van der Waals surface area contributed by atoms with Gasteiger partial charge >= 0.3 is 24.0 Å². The smallest absolute Gasteiger partial charge is 0.407 e. The largest absolute Gasteiger partial charge is 0.456 e. The molecule has 5 aliphatic rings. The van der Waals surface area contributed by atoms with Gasteiger partial charge in [-0.05, 0) is 76.7 Å². The second-order valence-corrected chi connectivity index (χ2v) is 19.5. The standard InChI is InChI=1S/C46H65NO14/c1-13-33-58-31-20-32-46(23-55-32,60-27(6)49)37-39(54-22-28-17-15-14-16-18-28)45(43(10,11)53)21-30(25(4)34(45)36(56-26(5)48)38(59-33)44(31,37)12)57-40(51)35(50)29(19-24(2)3)47-41(52)61-42(7,8)9/h13-18,24,29-33,35-39,50,53H,1,19-23H2,2-12H3,(H,47,52)/t29-,30-,31-,32+,33-,35+,36-,37?,38-,39-,44+,45-,46-/m0/s1. The van der Waals surface area contributed by atoms with Crippen LogP contribution in [0.3, 0.4) is 0 Å². The van der Waals surface area contributed by atoms with Crippen molar-refractivity contribution in [3.63, 3.8) is 0 Å². The lowest BCUT2D eigenvalue weighted by Gasteiger charge is -2.67. The number of esters is 3. The lowest BCUT2D eigenvalue weighted by atomic mass is 9.49. The summed E-state index contributed by atoms with van der Waals surface area (Å²) < 4.78 is 51.3. The molecule has 61 heavy (non-hydrogen) atoms. The maximum atomic E-state index is 14.2. The number of fused-ring (bicyclic) bond motifs is 3. The molecule has 0 aromatic heterocycles. The Morgan fingerprint density at radius 3 is 2.23 bits per heavy atom. The molecule has 338 valence electrons. The molecular formula is C46H65NO14. The van der Waals surface area contributed by atoms with Gasteiger partial charge in [-0.25, -0.2) is 9.59 Å². The Morgan fingerprint density at radius 1 is 1.02 bits per heavy atom. The highest BCUT2D eigenvalue weighted by atomic mass is 16.7. The maximum Gasteiger partial charge on any atom is 0.407 e. The molecule has 6 rings (SSSR count). The Bertz CT molecular complexity index is 1870. The fourth-order valence-electron chi connectivity index (χ4n) is 10.9. The van der Waals surface area contributed by atoms with Gasteiger partial charge in [0, 0.05) is 38.0 Å². The fraction of sp³-hybridized carbons (Fsp3) is 0.696. The summed E-state index contributed by atoms with van der Waals surface area (Å²) in [4.78, 5) is 53.7. The van der Waals surface area contributed by atoms with E-state index in [0.29, 0.717) is 17.6 Å². The van der Waals surface area contributed by atoms with E-state index >= 15 is 0 Å². The van der Waals surface area contributed by atoms with Crippen molar-refractivity contribution >= 4 is 24.0 Å². The molecule has 0 spiro atoms. The van der Waals surface area contributed by atoms with Gasteiger partial charge in [-0.1, -0.05) is 57.7 Å². The molecule has 0 radical (unpaired) electrons. The number of carbonyl (C=O) groups excluding carboxylic acids is 4. The number of hydrogen-bond acceptors (Lipinski definition) is 14. The topological polar surface area (TPSA) is 195 Å². The number of amides is 1. The molecule has 2 saturated carbocycles. The van der Waals surface area contributed by atoms with Gasteiger partial charge in [0.1, 0.15) is 23.9 Å². The third-order valence-electron chi connectivity index (χ3n) is 13.3. The third kappa shape index (κ3) is 8.50. The van der Waals surface area contributed by atoms with Gasteiger partial charge in [0.25, 0.3) is 0 Å². The first kappa shape index (κ1) is 46.6. The zero-order valence-corrected chi connectivity index (χ0v) is 37.4. The van der Waals surface area contributed by atoms with Crippen LogP contribution in [0.1, 0.15) is 101 Å². The number of aliphatic hydroxyl groups excluding tert-OH is 1. The van der Waals surface area contributed by atoms with Gasteiger partial charge in [-0.15, -0.1) is 0 Å². The van der Waals surface area contributed by atoms with Gasteiger partial charge in [-0.3, -0.25) is 9.59 Å². The first-order chi connectivity index (χ1) is 28.4. The van der Waals surface area contributed by atoms with Crippen LogP contribution in [-0.4, -0.2) is 113 Å². The molecule has 15 nitrogen and oxygen atoms in total. The highest BCUT2D eigenvalue weighted by Crippen LogP contribution is 2.70. The monoisotopic (exact) mass is 855 g/mol. The van der Waals surface area contributed by atoms with Crippen LogP contribution in [0, 0.1) is 22.7 Å². The second-order valence-electron chi connectivity index (χ2n) is 19.5. The van der Waals surface area contributed by atoms with Crippen LogP contribution in [0.25, 0.3) is 0 Å². The average Bonchev–Trinajstić information content (AvgIpc) is 3.40. The van der Waals surface area contributed by atoms with E-state index in [1.54, 1.807) is 41.5 Å². The van der Waals surface area contributed by atoms with E-state index in [2.05, 4.69) is 11.9 Å². The molecule has 0 bridgehead atoms. The molecule has 2 heterocycles. The predicted octanol–water partition coefficient (Wildman–Crippen LogP) is 5.23. The Kier molecular flexibility index (Phi) is 13.0. The number of aliphatic hydroxyl groups is 2. The van der Waals surface area contributed by atoms with Crippen molar-refractivity contribution in [1.29, 1.82) is 0 Å². The van der Waals surface area contributed by atoms with Crippen LogP contribution in [0.5, 0.6) is 0 Å². The molecule has 2 aliphatic heterocycles. The lowest BCUT2D eigenvalue weighted by Crippen LogP contribution is -2.80. The molecule has 15 heteroatoms. The number of rotatable bonds is 13. The molecule has 1 amide bonds. The Labute approximate surface area is 358 Å². The van der Waals surface area contributed by atoms with Crippen LogP contribution >= 0.6 is 0 Å². The minimum atomic E-state index is -1.82. The minimum absolute atomic E-state index is 0.00226. The van der Waals surface area contributed by atoms with E-state index in [9.17, 15) is 29.4 Å². The number of alkyl carbamates (subject to hydrolysis) is 1. The van der Waals surface area contributed by atoms with Gasteiger partial charge in [0.05, 0.1) is 42.5 Å². The van der Waals surface area contributed by atoms with Gasteiger partial charge in [-0.2, -0.15) is 0 Å². The second kappa shape index (κ2) is 17.0. The first-order valence-corrected chi connectivity index (χ1v) is 21.3. The lowest BCUT2D eigenvalue weighted by molar-refractivity contribution is -0.395. The quantitative estimate of drug-likeness (QED) is 0.133. The fourth-order valence-corrected chi connectivity index (χ4v) is 10.9. The van der Waals surface area contributed by atoms with Gasteiger partial charge in [0.15, 0.2) is 24.1 Å². The normalized spacial score (nSPS) is 35.2. The summed E-state index contributed by atoms with van der Waals surface area (Å²) in [5.41, 5.74) is -4.96. The predicted molar refractivity (Wildman–Crippen MR) is 219 cm³/mol. The van der Waals surface area contributed by atoms with E-state index in [4.69, 9.17) is 37.9 Å². The Balaban J connectivity index is 1.55. The Hall–Kier alpha value is -3.86. The number of hydrogen-bond donors (Lipinski definition) is 3. The molecule has 1 aromatic rings. The third-order valence-corrected chi connectivity index (χ3v) is 13.3. The summed E-state index contributed by atoms with van der Waals surface area (Å²) in [6.07, 6.45) is -7.40. The van der Waals surface area contributed by atoms with E-state index < -0.39 is 113 Å². The SMILES string of the molecule is C=C[C@H]1O[C@H]2C[C@H]3OC[C@@]3(OC(C)=O)C3[C@H](OCc4ccccc4)[C@]4(C(C)(C)O)C[C@H](OC(=O)[C@H](O)[C@H](CC(C)C)NC(=O)OC(C)(C)C)C(C)=C4[C@H](OC(C)=O)[C@H](O1)[C@@]32C. The first-order valence-electron chi connectivity index (χ1n) is 21.3. The summed E-state index contributed by atoms with van der Waals surface area (Å²) in [6, 6.07) is 8.38. The molecule has 3 aliphatic carbocycles. The minimum Gasteiger partial charge on any atom is -0.456 e. The molecule has 1 unspecified atom stereocenters. The number of benzene rings is 1. The van der Waals surface area contributed by atoms with E-state index in [1.165, 1.54) is 19.9 Å². The number of carbonyl (C=O) groups is 4. The van der Waals surface area contributed by atoms with E-state index in [1.807, 2.05) is 51.1 Å². The van der Waals surface area contributed by atoms with Crippen molar-refractivity contribution in [3.8, 4) is 0 Å². The highest BCUT2D eigenvalue weighted by molar-refractivity contribution is 5.77. The van der Waals surface area contributed by atoms with Crippen LogP contribution in [0.4, 0.5) is 4.79 Å². The summed E-state index contributed by atoms with van der Waals surface area (Å²) in [5.74, 6) is -3.13. The molecule has 2 saturated heterocycles. The maximum absolute atomic E-state index is 14.2. The van der Waals surface area contributed by atoms with Gasteiger partial charge < -0.3 is 53.4 Å². The van der Waals surface area contributed by atoms with Crippen molar-refractivity contribution in [2.45, 2.75) is 174 Å². The number of nitrogens with one attached hydrogen (secondary N) is 1. The van der Waals surface area contributed by atoms with Crippen LogP contribution in [-0.2, 0) is 58.9 Å². The van der Waals surface area contributed by atoms with Crippen LogP contribution in [0.2, 0.25) is 0 Å². The Morgan fingerprint density at radius 2 is 1.69 bits per heavy atom. The summed E-state index contributed by atoms with van der Waals surface area (Å²) >= 11 is 0. The van der Waals surface area contributed by atoms with Crippen molar-refractivity contribution in [2.24, 2.45) is 22.7 Å². The zero-order chi connectivity index (χ0) is 45.0.